The zero-order valence-electron chi connectivity index (χ0n) is 22.3. The molecule has 194 valence electrons. The van der Waals surface area contributed by atoms with Crippen LogP contribution in [0.3, 0.4) is 0 Å². The van der Waals surface area contributed by atoms with Crippen LogP contribution in [0.1, 0.15) is 70.4 Å². The summed E-state index contributed by atoms with van der Waals surface area (Å²) in [6.45, 7) is 9.32. The molecule has 0 bridgehead atoms. The third-order valence-electron chi connectivity index (χ3n) is 6.44. The summed E-state index contributed by atoms with van der Waals surface area (Å²) in [5.41, 5.74) is 2.31. The summed E-state index contributed by atoms with van der Waals surface area (Å²) in [6, 6.07) is 13.8. The van der Waals surface area contributed by atoms with E-state index >= 15 is 0 Å². The molecule has 1 saturated carbocycles. The van der Waals surface area contributed by atoms with Gasteiger partial charge in [0.1, 0.15) is 17.7 Å². The van der Waals surface area contributed by atoms with Crippen LogP contribution in [0.4, 0.5) is 11.8 Å². The predicted octanol–water partition coefficient (Wildman–Crippen LogP) is 6.10. The highest BCUT2D eigenvalue weighted by molar-refractivity contribution is 5.84. The number of benzene rings is 1. The van der Waals surface area contributed by atoms with E-state index in [-0.39, 0.29) is 11.9 Å². The van der Waals surface area contributed by atoms with Gasteiger partial charge in [-0.2, -0.15) is 9.97 Å². The Bertz CT molecular complexity index is 1040. The van der Waals surface area contributed by atoms with E-state index in [1.165, 1.54) is 37.7 Å². The van der Waals surface area contributed by atoms with Crippen LogP contribution < -0.4 is 16.0 Å². The average Bonchev–Trinajstić information content (AvgIpc) is 3.45. The number of carbonyl (C=O) groups is 1. The minimum Gasteiger partial charge on any atom is -0.358 e. The van der Waals surface area contributed by atoms with Gasteiger partial charge in [0.2, 0.25) is 11.9 Å². The van der Waals surface area contributed by atoms with Gasteiger partial charge in [0, 0.05) is 31.5 Å². The van der Waals surface area contributed by atoms with Crippen LogP contribution in [-0.2, 0) is 11.3 Å². The quantitative estimate of drug-likeness (QED) is 0.320. The second kappa shape index (κ2) is 14.3. The minimum absolute atomic E-state index is 0.0114. The molecule has 1 atom stereocenters. The number of hydrogen-bond donors (Lipinski definition) is 3. The van der Waals surface area contributed by atoms with Crippen molar-refractivity contribution in [2.75, 3.05) is 17.2 Å². The largest absolute Gasteiger partial charge is 0.358 e. The monoisotopic (exact) mass is 490 g/mol. The number of amides is 1. The van der Waals surface area contributed by atoms with E-state index in [2.05, 4.69) is 57.1 Å². The van der Waals surface area contributed by atoms with E-state index < -0.39 is 0 Å². The fourth-order valence-electron chi connectivity index (χ4n) is 4.55. The van der Waals surface area contributed by atoms with E-state index in [0.717, 1.165) is 24.3 Å². The van der Waals surface area contributed by atoms with Crippen LogP contribution >= 0.6 is 0 Å². The van der Waals surface area contributed by atoms with Gasteiger partial charge in [-0.1, -0.05) is 75.8 Å². The molecule has 2 heterocycles. The Kier molecular flexibility index (Phi) is 10.8. The molecule has 1 aliphatic carbocycles. The van der Waals surface area contributed by atoms with E-state index in [1.807, 2.05) is 55.9 Å². The number of carbonyl (C=O) groups excluding carboxylic acids is 1. The summed E-state index contributed by atoms with van der Waals surface area (Å²) in [5, 5.41) is 9.81. The lowest BCUT2D eigenvalue weighted by Crippen LogP contribution is -2.41. The van der Waals surface area contributed by atoms with Gasteiger partial charge >= 0.3 is 0 Å². The molecular formula is C29H42N6O. The number of aryl methyl sites for hydroxylation is 1. The van der Waals surface area contributed by atoms with E-state index in [9.17, 15) is 4.79 Å². The number of aromatic nitrogens is 3. The Hall–Kier alpha value is -3.35. The molecule has 3 aromatic rings. The number of hydrogen-bond acceptors (Lipinski definition) is 5. The van der Waals surface area contributed by atoms with Gasteiger partial charge in [0.25, 0.3) is 0 Å². The zero-order chi connectivity index (χ0) is 25.8. The fourth-order valence-corrected chi connectivity index (χ4v) is 4.55. The topological polar surface area (TPSA) is 83.9 Å². The fraction of sp³-hybridized carbons (Fsp3) is 0.483. The van der Waals surface area contributed by atoms with Crippen LogP contribution in [0.25, 0.3) is 5.82 Å². The molecular weight excluding hydrogens is 448 g/mol. The molecule has 1 unspecified atom stereocenters. The molecule has 0 spiro atoms. The van der Waals surface area contributed by atoms with Crippen molar-refractivity contribution in [3.8, 4) is 5.82 Å². The smallest absolute Gasteiger partial charge is 0.242 e. The predicted molar refractivity (Wildman–Crippen MR) is 148 cm³/mol. The summed E-state index contributed by atoms with van der Waals surface area (Å²) in [5.74, 6) is 2.52. The molecule has 3 N–H and O–H groups in total. The SMILES string of the molecule is CC.CCNc1nc(NC(CC2CCCCC2)C(=O)NCc2ccc(C)cc2)cc(-n2cccc2)n1. The first-order valence-corrected chi connectivity index (χ1v) is 13.5. The van der Waals surface area contributed by atoms with Crippen LogP contribution in [0, 0.1) is 12.8 Å². The first kappa shape index (κ1) is 27.2. The van der Waals surface area contributed by atoms with Crippen LogP contribution in [0.2, 0.25) is 0 Å². The van der Waals surface area contributed by atoms with Crippen LogP contribution in [-0.4, -0.2) is 33.0 Å². The highest BCUT2D eigenvalue weighted by Gasteiger charge is 2.25. The van der Waals surface area contributed by atoms with Crippen molar-refractivity contribution in [2.24, 2.45) is 5.92 Å². The number of anilines is 2. The molecule has 1 amide bonds. The lowest BCUT2D eigenvalue weighted by molar-refractivity contribution is -0.122. The number of nitrogens with zero attached hydrogens (tertiary/aromatic N) is 3. The highest BCUT2D eigenvalue weighted by Crippen LogP contribution is 2.28. The molecule has 2 aromatic heterocycles. The van der Waals surface area contributed by atoms with Crippen molar-refractivity contribution in [3.63, 3.8) is 0 Å². The number of rotatable bonds is 10. The van der Waals surface area contributed by atoms with Gasteiger partial charge < -0.3 is 20.5 Å². The van der Waals surface area contributed by atoms with E-state index in [4.69, 9.17) is 0 Å². The van der Waals surface area contributed by atoms with Crippen molar-refractivity contribution in [2.45, 2.75) is 78.8 Å². The molecule has 0 radical (unpaired) electrons. The van der Waals surface area contributed by atoms with Crippen LogP contribution in [0.15, 0.2) is 54.9 Å². The minimum atomic E-state index is -0.351. The first-order valence-electron chi connectivity index (χ1n) is 13.5. The van der Waals surface area contributed by atoms with Gasteiger partial charge in [0.15, 0.2) is 0 Å². The normalized spacial score (nSPS) is 14.3. The molecule has 0 saturated heterocycles. The summed E-state index contributed by atoms with van der Waals surface area (Å²) in [7, 11) is 0. The van der Waals surface area contributed by atoms with Crippen LogP contribution in [0.5, 0.6) is 0 Å². The number of nitrogens with one attached hydrogen (secondary N) is 3. The Labute approximate surface area is 216 Å². The molecule has 1 aromatic carbocycles. The highest BCUT2D eigenvalue weighted by atomic mass is 16.2. The van der Waals surface area contributed by atoms with Gasteiger partial charge in [-0.05, 0) is 43.9 Å². The Morgan fingerprint density at radius 1 is 1.06 bits per heavy atom. The van der Waals surface area contributed by atoms with Gasteiger partial charge in [-0.3, -0.25) is 4.79 Å². The third-order valence-corrected chi connectivity index (χ3v) is 6.44. The summed E-state index contributed by atoms with van der Waals surface area (Å²) in [4.78, 5) is 22.6. The second-order valence-electron chi connectivity index (χ2n) is 9.20. The molecule has 1 fully saturated rings. The molecule has 7 nitrogen and oxygen atoms in total. The van der Waals surface area contributed by atoms with Gasteiger partial charge in [0.05, 0.1) is 0 Å². The van der Waals surface area contributed by atoms with Crippen molar-refractivity contribution in [1.82, 2.24) is 19.9 Å². The average molecular weight is 491 g/mol. The molecule has 4 rings (SSSR count). The Balaban J connectivity index is 0.00000176. The van der Waals surface area contributed by atoms with E-state index in [0.29, 0.717) is 24.2 Å². The maximum Gasteiger partial charge on any atom is 0.242 e. The lowest BCUT2D eigenvalue weighted by Gasteiger charge is -2.27. The molecule has 36 heavy (non-hydrogen) atoms. The Morgan fingerprint density at radius 3 is 2.42 bits per heavy atom. The maximum atomic E-state index is 13.3. The van der Waals surface area contributed by atoms with Crippen molar-refractivity contribution in [3.05, 3.63) is 66.0 Å². The summed E-state index contributed by atoms with van der Waals surface area (Å²) in [6.07, 6.45) is 10.9. The van der Waals surface area contributed by atoms with Crippen molar-refractivity contribution < 1.29 is 4.79 Å². The third kappa shape index (κ3) is 8.11. The van der Waals surface area contributed by atoms with Gasteiger partial charge in [-0.25, -0.2) is 0 Å². The standard InChI is InChI=1S/C27H36N6O.C2H6/c1-3-28-27-31-24(18-25(32-27)33-15-7-8-16-33)30-23(17-21-9-5-4-6-10-21)26(34)29-19-22-13-11-20(2)12-14-22;1-2/h7-8,11-16,18,21,23H,3-6,9-10,17,19H2,1-2H3,(H,29,34)(H2,28,30,31,32);1-2H3. The summed E-state index contributed by atoms with van der Waals surface area (Å²) >= 11 is 0. The second-order valence-corrected chi connectivity index (χ2v) is 9.20. The van der Waals surface area contributed by atoms with Crippen molar-refractivity contribution >= 4 is 17.7 Å². The van der Waals surface area contributed by atoms with E-state index in [1.54, 1.807) is 0 Å². The maximum absolute atomic E-state index is 13.3. The van der Waals surface area contributed by atoms with Crippen molar-refractivity contribution in [1.29, 1.82) is 0 Å². The molecule has 7 heteroatoms. The Morgan fingerprint density at radius 2 is 1.75 bits per heavy atom. The molecule has 0 aliphatic heterocycles. The molecule has 1 aliphatic rings. The zero-order valence-corrected chi connectivity index (χ0v) is 22.3. The first-order chi connectivity index (χ1) is 17.6. The van der Waals surface area contributed by atoms with Gasteiger partial charge in [-0.15, -0.1) is 0 Å². The lowest BCUT2D eigenvalue weighted by atomic mass is 9.84. The summed E-state index contributed by atoms with van der Waals surface area (Å²) < 4.78 is 1.95.